The molecule has 0 aliphatic rings. The van der Waals surface area contributed by atoms with Gasteiger partial charge in [-0.25, -0.2) is 4.98 Å². The van der Waals surface area contributed by atoms with Crippen LogP contribution in [0.4, 0.5) is 17.3 Å². The molecule has 0 unspecified atom stereocenters. The molecular weight excluding hydrogens is 354 g/mol. The van der Waals surface area contributed by atoms with Crippen LogP contribution in [0, 0.1) is 6.92 Å². The normalized spacial score (nSPS) is 11.0. The second-order valence-electron chi connectivity index (χ2n) is 6.82. The van der Waals surface area contributed by atoms with E-state index in [1.54, 1.807) is 22.9 Å². The van der Waals surface area contributed by atoms with E-state index in [1.807, 2.05) is 25.1 Å². The van der Waals surface area contributed by atoms with Crippen molar-refractivity contribution in [3.63, 3.8) is 0 Å². The van der Waals surface area contributed by atoms with E-state index in [1.165, 1.54) is 6.92 Å². The van der Waals surface area contributed by atoms with Gasteiger partial charge in [-0.2, -0.15) is 4.98 Å². The van der Waals surface area contributed by atoms with Gasteiger partial charge in [0.05, 0.1) is 0 Å². The molecule has 0 fully saturated rings. The van der Waals surface area contributed by atoms with Crippen molar-refractivity contribution in [2.75, 3.05) is 10.6 Å². The number of nitrogens with zero attached hydrogens (tertiary/aromatic N) is 3. The Morgan fingerprint density at radius 3 is 2.57 bits per heavy atom. The number of fused-ring (bicyclic) bond motifs is 1. The molecule has 0 atom stereocenters. The smallest absolute Gasteiger partial charge is 0.252 e. The van der Waals surface area contributed by atoms with E-state index in [9.17, 15) is 9.59 Å². The Bertz CT molecular complexity index is 1070. The molecule has 7 nitrogen and oxygen atoms in total. The first-order valence-electron chi connectivity index (χ1n) is 9.46. The molecule has 28 heavy (non-hydrogen) atoms. The fraction of sp³-hybridized carbons (Fsp3) is 0.333. The van der Waals surface area contributed by atoms with Crippen molar-refractivity contribution in [1.29, 1.82) is 0 Å². The van der Waals surface area contributed by atoms with Crippen molar-refractivity contribution in [3.05, 3.63) is 52.4 Å². The number of pyridine rings is 1. The largest absolute Gasteiger partial charge is 0.326 e. The maximum absolute atomic E-state index is 12.5. The van der Waals surface area contributed by atoms with E-state index in [-0.39, 0.29) is 17.5 Å². The van der Waals surface area contributed by atoms with Gasteiger partial charge in [-0.05, 0) is 49.6 Å². The maximum atomic E-state index is 12.5. The standard InChI is InChI=1S/C21H25N5O2/c1-5-17(6-2)26-19(28)10-7-15-12-22-21(25-20(15)26)24-16-8-9-18(13(3)11-16)23-14(4)27/h7-12,17H,5-6H2,1-4H3,(H,23,27)(H,22,24,25). The van der Waals surface area contributed by atoms with Crippen LogP contribution in [-0.4, -0.2) is 20.4 Å². The van der Waals surface area contributed by atoms with Gasteiger partial charge >= 0.3 is 0 Å². The Balaban J connectivity index is 1.98. The topological polar surface area (TPSA) is 88.9 Å². The quantitative estimate of drug-likeness (QED) is 0.671. The van der Waals surface area contributed by atoms with Gasteiger partial charge in [0.2, 0.25) is 11.9 Å². The lowest BCUT2D eigenvalue weighted by atomic mass is 10.1. The fourth-order valence-electron chi connectivity index (χ4n) is 3.31. The molecule has 0 bridgehead atoms. The summed E-state index contributed by atoms with van der Waals surface area (Å²) in [5.74, 6) is 0.311. The number of carbonyl (C=O) groups excluding carboxylic acids is 1. The monoisotopic (exact) mass is 379 g/mol. The second-order valence-corrected chi connectivity index (χ2v) is 6.82. The number of benzene rings is 1. The molecule has 0 aliphatic carbocycles. The van der Waals surface area contributed by atoms with Gasteiger partial charge in [0.1, 0.15) is 5.65 Å². The van der Waals surface area contributed by atoms with E-state index >= 15 is 0 Å². The third kappa shape index (κ3) is 4.03. The van der Waals surface area contributed by atoms with E-state index in [0.717, 1.165) is 35.2 Å². The van der Waals surface area contributed by atoms with E-state index in [2.05, 4.69) is 34.4 Å². The highest BCUT2D eigenvalue weighted by molar-refractivity contribution is 5.89. The average Bonchev–Trinajstić information content (AvgIpc) is 2.66. The Labute approximate surface area is 163 Å². The van der Waals surface area contributed by atoms with E-state index in [0.29, 0.717) is 11.6 Å². The minimum absolute atomic E-state index is 0.0543. The lowest BCUT2D eigenvalue weighted by Crippen LogP contribution is -2.24. The number of rotatable bonds is 6. The van der Waals surface area contributed by atoms with Crippen LogP contribution in [0.25, 0.3) is 11.0 Å². The Morgan fingerprint density at radius 2 is 1.93 bits per heavy atom. The summed E-state index contributed by atoms with van der Waals surface area (Å²) in [6, 6.07) is 9.02. The van der Waals surface area contributed by atoms with Gasteiger partial charge < -0.3 is 10.6 Å². The van der Waals surface area contributed by atoms with Crippen molar-refractivity contribution >= 4 is 34.3 Å². The SMILES string of the molecule is CCC(CC)n1c(=O)ccc2cnc(Nc3ccc(NC(C)=O)c(C)c3)nc21. The molecule has 146 valence electrons. The molecule has 1 amide bonds. The molecule has 3 rings (SSSR count). The highest BCUT2D eigenvalue weighted by atomic mass is 16.1. The number of anilines is 3. The first-order valence-corrected chi connectivity index (χ1v) is 9.46. The summed E-state index contributed by atoms with van der Waals surface area (Å²) in [6.07, 6.45) is 3.43. The van der Waals surface area contributed by atoms with Gasteiger partial charge in [0, 0.05) is 42.0 Å². The molecule has 2 N–H and O–H groups in total. The minimum atomic E-state index is -0.110. The van der Waals surface area contributed by atoms with Crippen molar-refractivity contribution in [2.45, 2.75) is 46.6 Å². The predicted octanol–water partition coefficient (Wildman–Crippen LogP) is 4.16. The van der Waals surface area contributed by atoms with E-state index < -0.39 is 0 Å². The van der Waals surface area contributed by atoms with Crippen LogP contribution in [0.1, 0.15) is 45.2 Å². The van der Waals surface area contributed by atoms with Crippen LogP contribution in [0.3, 0.4) is 0 Å². The zero-order chi connectivity index (χ0) is 20.3. The zero-order valence-electron chi connectivity index (χ0n) is 16.6. The lowest BCUT2D eigenvalue weighted by Gasteiger charge is -2.18. The molecule has 0 aliphatic heterocycles. The molecule has 1 aromatic carbocycles. The third-order valence-electron chi connectivity index (χ3n) is 4.77. The van der Waals surface area contributed by atoms with Crippen LogP contribution in [-0.2, 0) is 4.79 Å². The minimum Gasteiger partial charge on any atom is -0.326 e. The molecule has 0 spiro atoms. The Kier molecular flexibility index (Phi) is 5.73. The first-order chi connectivity index (χ1) is 13.4. The number of aryl methyl sites for hydroxylation is 1. The van der Waals surface area contributed by atoms with E-state index in [4.69, 9.17) is 0 Å². The zero-order valence-corrected chi connectivity index (χ0v) is 16.6. The highest BCUT2D eigenvalue weighted by Gasteiger charge is 2.14. The molecule has 0 radical (unpaired) electrons. The van der Waals surface area contributed by atoms with Crippen LogP contribution < -0.4 is 16.2 Å². The first kappa shape index (κ1) is 19.5. The summed E-state index contributed by atoms with van der Waals surface area (Å²) in [5.41, 5.74) is 3.07. The highest BCUT2D eigenvalue weighted by Crippen LogP contribution is 2.23. The summed E-state index contributed by atoms with van der Waals surface area (Å²) in [7, 11) is 0. The molecule has 3 aromatic rings. The van der Waals surface area contributed by atoms with Crippen molar-refractivity contribution in [1.82, 2.24) is 14.5 Å². The number of carbonyl (C=O) groups is 1. The molecule has 2 heterocycles. The van der Waals surface area contributed by atoms with Crippen LogP contribution in [0.5, 0.6) is 0 Å². The summed E-state index contributed by atoms with van der Waals surface area (Å²) >= 11 is 0. The molecule has 0 saturated carbocycles. The van der Waals surface area contributed by atoms with Gasteiger partial charge in [-0.3, -0.25) is 14.2 Å². The van der Waals surface area contributed by atoms with Crippen molar-refractivity contribution < 1.29 is 4.79 Å². The van der Waals surface area contributed by atoms with Crippen molar-refractivity contribution in [2.24, 2.45) is 0 Å². The number of nitrogens with one attached hydrogen (secondary N) is 2. The maximum Gasteiger partial charge on any atom is 0.252 e. The fourth-order valence-corrected chi connectivity index (χ4v) is 3.31. The van der Waals surface area contributed by atoms with Crippen LogP contribution >= 0.6 is 0 Å². The van der Waals surface area contributed by atoms with Gasteiger partial charge in [-0.1, -0.05) is 13.8 Å². The lowest BCUT2D eigenvalue weighted by molar-refractivity contribution is -0.114. The number of hydrogen-bond acceptors (Lipinski definition) is 5. The van der Waals surface area contributed by atoms with Crippen molar-refractivity contribution in [3.8, 4) is 0 Å². The van der Waals surface area contributed by atoms with Crippen LogP contribution in [0.2, 0.25) is 0 Å². The molecular formula is C21H25N5O2. The number of aromatic nitrogens is 3. The average molecular weight is 379 g/mol. The second kappa shape index (κ2) is 8.21. The third-order valence-corrected chi connectivity index (χ3v) is 4.77. The predicted molar refractivity (Wildman–Crippen MR) is 112 cm³/mol. The van der Waals surface area contributed by atoms with Crippen LogP contribution in [0.15, 0.2) is 41.3 Å². The Hall–Kier alpha value is -3.22. The summed E-state index contributed by atoms with van der Waals surface area (Å²) in [5, 5.41) is 6.81. The molecule has 7 heteroatoms. The summed E-state index contributed by atoms with van der Waals surface area (Å²) in [4.78, 5) is 32.7. The summed E-state index contributed by atoms with van der Waals surface area (Å²) in [6.45, 7) is 7.54. The van der Waals surface area contributed by atoms with Gasteiger partial charge in [0.25, 0.3) is 5.56 Å². The number of amides is 1. The number of hydrogen-bond donors (Lipinski definition) is 2. The molecule has 0 saturated heterocycles. The van der Waals surface area contributed by atoms with Gasteiger partial charge in [0.15, 0.2) is 0 Å². The summed E-state index contributed by atoms with van der Waals surface area (Å²) < 4.78 is 1.76. The van der Waals surface area contributed by atoms with Gasteiger partial charge in [-0.15, -0.1) is 0 Å². The Morgan fingerprint density at radius 1 is 1.18 bits per heavy atom. The molecule has 2 aromatic heterocycles.